The second kappa shape index (κ2) is 14.6. The number of benzene rings is 6. The standard InChI is InChI=1S/C27H21N3O2.C21H13N3O2.C3H5Br/c1-4-14-29-18-12-8-6-10-16(18)20-22-23(27(32)28(3)26(22)31)21-17-11-7-9-13-19(17)30(15-5-2)25(21)24(20)29;1-24-20(25)16-14-10-6-2-4-8-12(10)22-18(14)19-15(17(16)21(24)26)11-7-3-5-9-13(11)23-19;1-2-3-4/h4-13H,1-2,14-15H2,3H3;2-9,22-23H,1H3;2H,1,3H2. The average molecular weight is 880 g/mol. The van der Waals surface area contributed by atoms with E-state index in [1.807, 2.05) is 97.1 Å². The number of amides is 4. The number of rotatable bonds is 5. The van der Waals surface area contributed by atoms with Crippen LogP contribution in [0.1, 0.15) is 41.4 Å². The Bertz CT molecular complexity index is 3420. The van der Waals surface area contributed by atoms with Crippen molar-refractivity contribution in [2.75, 3.05) is 19.4 Å². The molecular weight excluding hydrogens is 841 g/mol. The van der Waals surface area contributed by atoms with Gasteiger partial charge in [-0.05, 0) is 24.3 Å². The van der Waals surface area contributed by atoms with E-state index in [1.165, 1.54) is 9.80 Å². The molecule has 0 bridgehead atoms. The number of alkyl halides is 1. The van der Waals surface area contributed by atoms with Crippen molar-refractivity contribution in [2.24, 2.45) is 0 Å². The highest BCUT2D eigenvalue weighted by Gasteiger charge is 2.41. The number of carbonyl (C=O) groups is 4. The van der Waals surface area contributed by atoms with Crippen LogP contribution in [0.5, 0.6) is 0 Å². The molecule has 0 saturated heterocycles. The minimum absolute atomic E-state index is 0.244. The lowest BCUT2D eigenvalue weighted by atomic mass is 9.96. The molecule has 304 valence electrons. The van der Waals surface area contributed by atoms with Crippen LogP contribution in [-0.4, -0.2) is 72.0 Å². The Kier molecular flexibility index (Phi) is 9.11. The third kappa shape index (κ3) is 5.21. The molecule has 0 spiro atoms. The monoisotopic (exact) mass is 878 g/mol. The van der Waals surface area contributed by atoms with Gasteiger partial charge in [-0.15, -0.1) is 19.7 Å². The van der Waals surface area contributed by atoms with Crippen molar-refractivity contribution in [3.8, 4) is 0 Å². The van der Waals surface area contributed by atoms with Gasteiger partial charge in [0, 0.05) is 97.7 Å². The molecule has 10 nitrogen and oxygen atoms in total. The fourth-order valence-corrected chi connectivity index (χ4v) is 9.63. The number of aromatic amines is 2. The number of H-pyrrole nitrogens is 2. The van der Waals surface area contributed by atoms with Crippen LogP contribution < -0.4 is 0 Å². The third-order valence-corrected chi connectivity index (χ3v) is 12.6. The highest BCUT2D eigenvalue weighted by Crippen LogP contribution is 2.47. The summed E-state index contributed by atoms with van der Waals surface area (Å²) < 4.78 is 4.41. The predicted molar refractivity (Wildman–Crippen MR) is 255 cm³/mol. The summed E-state index contributed by atoms with van der Waals surface area (Å²) >= 11 is 3.13. The van der Waals surface area contributed by atoms with Crippen molar-refractivity contribution >= 4 is 127 Å². The van der Waals surface area contributed by atoms with E-state index in [4.69, 9.17) is 0 Å². The molecule has 10 aromatic rings. The molecule has 11 heteroatoms. The number of carbonyl (C=O) groups excluding carboxylic acids is 4. The second-order valence-corrected chi connectivity index (χ2v) is 16.1. The summed E-state index contributed by atoms with van der Waals surface area (Å²) in [6.45, 7) is 12.5. The van der Waals surface area contributed by atoms with Gasteiger partial charge in [0.15, 0.2) is 0 Å². The van der Waals surface area contributed by atoms with Gasteiger partial charge in [0.05, 0.1) is 44.3 Å². The number of nitrogens with one attached hydrogen (secondary N) is 2. The summed E-state index contributed by atoms with van der Waals surface area (Å²) in [6.07, 6.45) is 5.52. The number of allylic oxidation sites excluding steroid dienone is 3. The van der Waals surface area contributed by atoms with Crippen LogP contribution in [0.3, 0.4) is 0 Å². The van der Waals surface area contributed by atoms with E-state index in [-0.39, 0.29) is 23.6 Å². The number of hydrogen-bond acceptors (Lipinski definition) is 4. The molecule has 4 aromatic heterocycles. The van der Waals surface area contributed by atoms with Crippen LogP contribution in [0.2, 0.25) is 0 Å². The van der Waals surface area contributed by atoms with Crippen LogP contribution >= 0.6 is 15.9 Å². The van der Waals surface area contributed by atoms with E-state index in [9.17, 15) is 19.2 Å². The maximum absolute atomic E-state index is 13.4. The van der Waals surface area contributed by atoms with Crippen molar-refractivity contribution in [1.82, 2.24) is 28.9 Å². The average Bonchev–Trinajstić information content (AvgIpc) is 4.12. The van der Waals surface area contributed by atoms with Crippen molar-refractivity contribution in [3.63, 3.8) is 0 Å². The van der Waals surface area contributed by atoms with Crippen molar-refractivity contribution in [3.05, 3.63) is 157 Å². The first-order valence-corrected chi connectivity index (χ1v) is 21.3. The molecule has 0 radical (unpaired) electrons. The van der Waals surface area contributed by atoms with Gasteiger partial charge in [-0.25, -0.2) is 0 Å². The molecule has 6 aromatic carbocycles. The summed E-state index contributed by atoms with van der Waals surface area (Å²) in [4.78, 5) is 62.0. The largest absolute Gasteiger partial charge is 0.353 e. The van der Waals surface area contributed by atoms with Crippen molar-refractivity contribution in [2.45, 2.75) is 13.1 Å². The molecule has 0 saturated carbocycles. The quantitative estimate of drug-likeness (QED) is 0.102. The summed E-state index contributed by atoms with van der Waals surface area (Å²) in [7, 11) is 3.11. The molecule has 2 aliphatic rings. The maximum atomic E-state index is 13.4. The van der Waals surface area contributed by atoms with Crippen LogP contribution in [0.15, 0.2) is 135 Å². The summed E-state index contributed by atoms with van der Waals surface area (Å²) in [6, 6.07) is 31.9. The first-order chi connectivity index (χ1) is 30.2. The van der Waals surface area contributed by atoms with Gasteiger partial charge in [-0.3, -0.25) is 29.0 Å². The zero-order valence-electron chi connectivity index (χ0n) is 34.0. The highest BCUT2D eigenvalue weighted by molar-refractivity contribution is 9.09. The number of halogens is 1. The smallest absolute Gasteiger partial charge is 0.262 e. The molecule has 6 heterocycles. The number of para-hydroxylation sites is 4. The van der Waals surface area contributed by atoms with Crippen molar-refractivity contribution < 1.29 is 19.2 Å². The normalized spacial score (nSPS) is 13.5. The van der Waals surface area contributed by atoms with E-state index in [0.29, 0.717) is 35.3 Å². The number of hydrogen-bond donors (Lipinski definition) is 2. The third-order valence-electron chi connectivity index (χ3n) is 12.1. The Morgan fingerprint density at radius 3 is 1.16 bits per heavy atom. The molecule has 0 fully saturated rings. The van der Waals surface area contributed by atoms with Crippen LogP contribution in [-0.2, 0) is 13.1 Å². The van der Waals surface area contributed by atoms with Gasteiger partial charge < -0.3 is 19.1 Å². The Labute approximate surface area is 363 Å². The number of fused-ring (bicyclic) bond motifs is 20. The molecule has 0 aliphatic carbocycles. The molecule has 0 atom stereocenters. The van der Waals surface area contributed by atoms with E-state index in [2.05, 4.69) is 66.9 Å². The van der Waals surface area contributed by atoms with E-state index < -0.39 is 0 Å². The molecule has 62 heavy (non-hydrogen) atoms. The number of imide groups is 2. The van der Waals surface area contributed by atoms with Gasteiger partial charge >= 0.3 is 0 Å². The molecule has 2 N–H and O–H groups in total. The lowest BCUT2D eigenvalue weighted by Gasteiger charge is -2.11. The number of nitrogens with zero attached hydrogens (tertiary/aromatic N) is 4. The zero-order chi connectivity index (χ0) is 43.1. The lowest BCUT2D eigenvalue weighted by molar-refractivity contribution is 0.0679. The van der Waals surface area contributed by atoms with E-state index in [1.54, 1.807) is 20.2 Å². The lowest BCUT2D eigenvalue weighted by Crippen LogP contribution is -2.24. The molecule has 2 aliphatic heterocycles. The molecular formula is C51H39BrN6O4. The van der Waals surface area contributed by atoms with Crippen LogP contribution in [0.4, 0.5) is 0 Å². The Morgan fingerprint density at radius 1 is 0.484 bits per heavy atom. The number of aromatic nitrogens is 4. The Balaban J connectivity index is 0.000000139. The van der Waals surface area contributed by atoms with Gasteiger partial charge in [0.1, 0.15) is 0 Å². The zero-order valence-corrected chi connectivity index (χ0v) is 35.6. The fourth-order valence-electron chi connectivity index (χ4n) is 9.63. The molecule has 12 rings (SSSR count). The topological polar surface area (TPSA) is 116 Å². The van der Waals surface area contributed by atoms with Gasteiger partial charge in [-0.2, -0.15) is 0 Å². The first-order valence-electron chi connectivity index (χ1n) is 20.2. The van der Waals surface area contributed by atoms with Gasteiger partial charge in [0.25, 0.3) is 23.6 Å². The summed E-state index contributed by atoms with van der Waals surface area (Å²) in [5.41, 5.74) is 9.58. The summed E-state index contributed by atoms with van der Waals surface area (Å²) in [5.74, 6) is -0.989. The van der Waals surface area contributed by atoms with E-state index >= 15 is 0 Å². The Morgan fingerprint density at radius 2 is 0.806 bits per heavy atom. The maximum Gasteiger partial charge on any atom is 0.262 e. The van der Waals surface area contributed by atoms with Gasteiger partial charge in [-0.1, -0.05) is 107 Å². The van der Waals surface area contributed by atoms with Crippen LogP contribution in [0.25, 0.3) is 87.2 Å². The van der Waals surface area contributed by atoms with Crippen molar-refractivity contribution in [1.29, 1.82) is 0 Å². The van der Waals surface area contributed by atoms with Crippen LogP contribution in [0, 0.1) is 0 Å². The fraction of sp³-hybridized carbons (Fsp3) is 0.0980. The Hall–Kier alpha value is -7.50. The SMILES string of the molecule is C=CCBr.C=CCn1c2ccccc2c2c3c(c4c5ccccc5n(CC=C)c4c21)C(=O)N(C)C3=O.CN1C(=O)c2c(c3c4ccccc4[nH]c3c3[nH]c4ccccc4c23)C1=O. The highest BCUT2D eigenvalue weighted by atomic mass is 79.9. The van der Waals surface area contributed by atoms with E-state index in [0.717, 1.165) is 92.6 Å². The molecule has 4 amide bonds. The molecule has 0 unspecified atom stereocenters. The second-order valence-electron chi connectivity index (χ2n) is 15.4. The minimum Gasteiger partial charge on any atom is -0.353 e. The summed E-state index contributed by atoms with van der Waals surface area (Å²) in [5, 5.41) is 8.04. The van der Waals surface area contributed by atoms with Gasteiger partial charge in [0.2, 0.25) is 0 Å². The predicted octanol–water partition coefficient (Wildman–Crippen LogP) is 11.2. The first kappa shape index (κ1) is 38.7. The minimum atomic E-state index is -0.251.